The lowest BCUT2D eigenvalue weighted by atomic mass is 9.56. The van der Waals surface area contributed by atoms with Gasteiger partial charge in [0.05, 0.1) is 23.4 Å². The van der Waals surface area contributed by atoms with Crippen LogP contribution in [0.2, 0.25) is 0 Å². The van der Waals surface area contributed by atoms with Crippen LogP contribution in [0.15, 0.2) is 41.1 Å². The highest BCUT2D eigenvalue weighted by Crippen LogP contribution is 2.57. The Balaban J connectivity index is 2.36. The van der Waals surface area contributed by atoms with Crippen LogP contribution in [-0.2, 0) is 0 Å². The first-order valence-corrected chi connectivity index (χ1v) is 7.95. The molecule has 0 aliphatic heterocycles. The van der Waals surface area contributed by atoms with Gasteiger partial charge in [-0.25, -0.2) is 0 Å². The number of fused-ring (bicyclic) bond motifs is 1. The zero-order chi connectivity index (χ0) is 18.2. The Morgan fingerprint density at radius 1 is 1.16 bits per heavy atom. The van der Waals surface area contributed by atoms with E-state index in [0.717, 1.165) is 18.4 Å². The second-order valence-electron chi connectivity index (χ2n) is 6.35. The predicted octanol–water partition coefficient (Wildman–Crippen LogP) is 2.69. The third-order valence-corrected chi connectivity index (χ3v) is 5.15. The average Bonchev–Trinajstić information content (AvgIpc) is 2.62. The van der Waals surface area contributed by atoms with E-state index < -0.39 is 11.3 Å². The highest BCUT2D eigenvalue weighted by atomic mass is 16.3. The Bertz CT molecular complexity index is 910. The fraction of sp³-hybridized carbons (Fsp3) is 0.316. The highest BCUT2D eigenvalue weighted by molar-refractivity contribution is 5.60. The van der Waals surface area contributed by atoms with E-state index in [1.165, 1.54) is 18.2 Å². The number of phenolic OH excluding ortho intramolecular Hbond substituents is 2. The fourth-order valence-corrected chi connectivity index (χ4v) is 4.01. The van der Waals surface area contributed by atoms with E-state index in [0.29, 0.717) is 12.0 Å². The fourth-order valence-electron chi connectivity index (χ4n) is 4.01. The molecule has 1 aromatic carbocycles. The van der Waals surface area contributed by atoms with Gasteiger partial charge < -0.3 is 15.9 Å². The van der Waals surface area contributed by atoms with Gasteiger partial charge in [-0.2, -0.15) is 15.8 Å². The van der Waals surface area contributed by atoms with Gasteiger partial charge in [-0.05, 0) is 36.8 Å². The maximum atomic E-state index is 10.3. The van der Waals surface area contributed by atoms with E-state index in [2.05, 4.69) is 6.07 Å². The van der Waals surface area contributed by atoms with Crippen LogP contribution < -0.4 is 5.73 Å². The second-order valence-corrected chi connectivity index (χ2v) is 6.35. The van der Waals surface area contributed by atoms with Crippen molar-refractivity contribution in [3.63, 3.8) is 0 Å². The van der Waals surface area contributed by atoms with Gasteiger partial charge in [0.2, 0.25) is 0 Å². The monoisotopic (exact) mass is 332 g/mol. The van der Waals surface area contributed by atoms with Gasteiger partial charge >= 0.3 is 0 Å². The van der Waals surface area contributed by atoms with Crippen molar-refractivity contribution < 1.29 is 10.2 Å². The molecule has 0 bridgehead atoms. The minimum absolute atomic E-state index is 0.0677. The number of aromatic hydroxyl groups is 2. The minimum Gasteiger partial charge on any atom is -0.508 e. The molecule has 0 amide bonds. The first-order chi connectivity index (χ1) is 12.0. The van der Waals surface area contributed by atoms with Crippen molar-refractivity contribution in [3.8, 4) is 29.7 Å². The molecule has 4 N–H and O–H groups in total. The summed E-state index contributed by atoms with van der Waals surface area (Å²) in [5, 5.41) is 49.1. The van der Waals surface area contributed by atoms with Crippen LogP contribution in [0, 0.1) is 45.3 Å². The molecule has 6 heteroatoms. The Morgan fingerprint density at radius 3 is 2.48 bits per heavy atom. The van der Waals surface area contributed by atoms with Crippen molar-refractivity contribution in [1.29, 1.82) is 15.8 Å². The first kappa shape index (κ1) is 16.4. The van der Waals surface area contributed by atoms with Crippen molar-refractivity contribution >= 4 is 0 Å². The van der Waals surface area contributed by atoms with Gasteiger partial charge in [0.1, 0.15) is 17.6 Å². The van der Waals surface area contributed by atoms with Crippen LogP contribution in [0.5, 0.6) is 11.5 Å². The van der Waals surface area contributed by atoms with Gasteiger partial charge in [0.15, 0.2) is 5.41 Å². The lowest BCUT2D eigenvalue weighted by molar-refractivity contribution is 0.308. The smallest absolute Gasteiger partial charge is 0.191 e. The van der Waals surface area contributed by atoms with Crippen LogP contribution in [0.3, 0.4) is 0 Å². The Morgan fingerprint density at radius 2 is 1.88 bits per heavy atom. The number of nitriles is 3. The zero-order valence-electron chi connectivity index (χ0n) is 13.4. The lowest BCUT2D eigenvalue weighted by Crippen LogP contribution is -2.42. The van der Waals surface area contributed by atoms with Crippen LogP contribution >= 0.6 is 0 Å². The normalized spacial score (nSPS) is 24.3. The summed E-state index contributed by atoms with van der Waals surface area (Å²) in [7, 11) is 0. The lowest BCUT2D eigenvalue weighted by Gasteiger charge is -2.43. The van der Waals surface area contributed by atoms with E-state index in [4.69, 9.17) is 5.73 Å². The number of benzene rings is 1. The average molecular weight is 332 g/mol. The summed E-state index contributed by atoms with van der Waals surface area (Å²) in [6.45, 7) is 0. The van der Waals surface area contributed by atoms with Crippen molar-refractivity contribution in [2.75, 3.05) is 0 Å². The molecule has 6 nitrogen and oxygen atoms in total. The molecule has 124 valence electrons. The van der Waals surface area contributed by atoms with E-state index in [9.17, 15) is 26.0 Å². The molecule has 2 aliphatic rings. The molecule has 0 saturated heterocycles. The maximum absolute atomic E-state index is 10.3. The molecule has 0 unspecified atom stereocenters. The molecule has 2 aliphatic carbocycles. The Hall–Kier alpha value is -3.43. The summed E-state index contributed by atoms with van der Waals surface area (Å²) < 4.78 is 0. The van der Waals surface area contributed by atoms with Crippen molar-refractivity contribution in [1.82, 2.24) is 0 Å². The van der Waals surface area contributed by atoms with Crippen LogP contribution in [-0.4, -0.2) is 10.2 Å². The third-order valence-electron chi connectivity index (χ3n) is 5.15. The Kier molecular flexibility index (Phi) is 3.87. The summed E-state index contributed by atoms with van der Waals surface area (Å²) in [6, 6.07) is 10.2. The molecule has 0 heterocycles. The number of hydrogen-bond acceptors (Lipinski definition) is 6. The summed E-state index contributed by atoms with van der Waals surface area (Å²) in [6.07, 6.45) is 4.27. The number of nitrogens with zero attached hydrogens (tertiary/aromatic N) is 3. The summed E-state index contributed by atoms with van der Waals surface area (Å²) >= 11 is 0. The molecule has 0 fully saturated rings. The van der Waals surface area contributed by atoms with Gasteiger partial charge in [0, 0.05) is 17.5 Å². The molecular weight excluding hydrogens is 316 g/mol. The number of nitrogens with two attached hydrogens (primary N) is 1. The summed E-state index contributed by atoms with van der Waals surface area (Å²) in [4.78, 5) is 0. The first-order valence-electron chi connectivity index (χ1n) is 7.95. The van der Waals surface area contributed by atoms with Crippen molar-refractivity contribution in [3.05, 3.63) is 46.7 Å². The molecule has 0 spiro atoms. The van der Waals surface area contributed by atoms with Crippen molar-refractivity contribution in [2.45, 2.75) is 25.2 Å². The molecule has 25 heavy (non-hydrogen) atoms. The van der Waals surface area contributed by atoms with E-state index in [1.54, 1.807) is 0 Å². The Labute approximate surface area is 145 Å². The molecule has 2 atom stereocenters. The summed E-state index contributed by atoms with van der Waals surface area (Å²) in [5.74, 6) is -1.30. The van der Waals surface area contributed by atoms with Crippen molar-refractivity contribution in [2.24, 2.45) is 17.1 Å². The van der Waals surface area contributed by atoms with E-state index >= 15 is 0 Å². The SMILES string of the molecule is N#CC1=C(N)C(C#N)(C#N)[C@H](c2ccc(O)cc2O)[C@H]2CCCC=C12. The third kappa shape index (κ3) is 2.22. The molecule has 3 rings (SSSR count). The van der Waals surface area contributed by atoms with E-state index in [-0.39, 0.29) is 28.7 Å². The topological polar surface area (TPSA) is 138 Å². The van der Waals surface area contributed by atoms with E-state index in [1.807, 2.05) is 18.2 Å². The van der Waals surface area contributed by atoms with Gasteiger partial charge in [-0.3, -0.25) is 0 Å². The minimum atomic E-state index is -1.75. The van der Waals surface area contributed by atoms with Gasteiger partial charge in [-0.1, -0.05) is 12.1 Å². The largest absolute Gasteiger partial charge is 0.508 e. The molecule has 0 aromatic heterocycles. The number of allylic oxidation sites excluding steroid dienone is 4. The predicted molar refractivity (Wildman–Crippen MR) is 88.4 cm³/mol. The maximum Gasteiger partial charge on any atom is 0.191 e. The van der Waals surface area contributed by atoms with Crippen LogP contribution in [0.25, 0.3) is 0 Å². The number of hydrogen-bond donors (Lipinski definition) is 3. The molecule has 0 saturated carbocycles. The molecular formula is C19H16N4O2. The highest BCUT2D eigenvalue weighted by Gasteiger charge is 2.54. The standard InChI is InChI=1S/C19H16N4O2/c20-8-15-12-3-1-2-4-13(12)17(19(9-21,10-22)18(15)23)14-6-5-11(24)7-16(14)25/h3,5-7,13,17,24-25H,1-2,4,23H2/t13-,17-/m0/s1. The molecule has 1 aromatic rings. The second kappa shape index (κ2) is 5.89. The summed E-state index contributed by atoms with van der Waals surface area (Å²) in [5.41, 5.74) is 5.64. The van der Waals surface area contributed by atoms with Crippen LogP contribution in [0.1, 0.15) is 30.7 Å². The quantitative estimate of drug-likeness (QED) is 0.722. The molecule has 0 radical (unpaired) electrons. The van der Waals surface area contributed by atoms with Crippen LogP contribution in [0.4, 0.5) is 0 Å². The van der Waals surface area contributed by atoms with Gasteiger partial charge in [0.25, 0.3) is 0 Å². The zero-order valence-corrected chi connectivity index (χ0v) is 13.4. The number of phenols is 2. The number of rotatable bonds is 1. The van der Waals surface area contributed by atoms with Gasteiger partial charge in [-0.15, -0.1) is 0 Å².